The highest BCUT2D eigenvalue weighted by atomic mass is 79.9. The minimum Gasteiger partial charge on any atom is -0.481 e. The van der Waals surface area contributed by atoms with Crippen LogP contribution in [0.1, 0.15) is 20.3 Å². The number of sulfonamides is 1. The molecule has 0 aliphatic rings. The first-order chi connectivity index (χ1) is 9.16. The van der Waals surface area contributed by atoms with Crippen LogP contribution in [0.3, 0.4) is 0 Å². The molecule has 0 bridgehead atoms. The molecule has 5 nitrogen and oxygen atoms in total. The first kappa shape index (κ1) is 17.4. The first-order valence-corrected chi connectivity index (χ1v) is 8.46. The Kier molecular flexibility index (Phi) is 6.00. The Labute approximate surface area is 131 Å². The maximum Gasteiger partial charge on any atom is 0.304 e. The number of rotatable bonds is 6. The van der Waals surface area contributed by atoms with Gasteiger partial charge in [0.1, 0.15) is 0 Å². The van der Waals surface area contributed by atoms with Gasteiger partial charge in [0, 0.05) is 17.1 Å². The molecule has 0 unspecified atom stereocenters. The van der Waals surface area contributed by atoms with Crippen molar-refractivity contribution < 1.29 is 18.3 Å². The Morgan fingerprint density at radius 2 is 2.05 bits per heavy atom. The van der Waals surface area contributed by atoms with E-state index < -0.39 is 16.0 Å². The van der Waals surface area contributed by atoms with Gasteiger partial charge in [-0.15, -0.1) is 0 Å². The van der Waals surface area contributed by atoms with E-state index in [-0.39, 0.29) is 23.9 Å². The van der Waals surface area contributed by atoms with Crippen molar-refractivity contribution in [3.05, 3.63) is 27.7 Å². The summed E-state index contributed by atoms with van der Waals surface area (Å²) in [5.74, 6) is -1.04. The second-order valence-electron chi connectivity index (χ2n) is 4.43. The van der Waals surface area contributed by atoms with Crippen molar-refractivity contribution in [1.29, 1.82) is 0 Å². The van der Waals surface area contributed by atoms with E-state index in [1.165, 1.54) is 18.2 Å². The lowest BCUT2D eigenvalue weighted by Crippen LogP contribution is -2.38. The van der Waals surface area contributed by atoms with Gasteiger partial charge in [-0.25, -0.2) is 8.42 Å². The molecule has 0 spiro atoms. The average molecular weight is 385 g/mol. The molecule has 0 radical (unpaired) electrons. The SMILES string of the molecule is CC(C)N(CCC(=O)O)S(=O)(=O)c1ccc(Cl)c(Br)c1. The molecular weight excluding hydrogens is 370 g/mol. The maximum absolute atomic E-state index is 12.5. The predicted octanol–water partition coefficient (Wildman–Crippen LogP) is 2.98. The molecule has 0 saturated heterocycles. The molecule has 0 fully saturated rings. The average Bonchev–Trinajstić information content (AvgIpc) is 2.31. The van der Waals surface area contributed by atoms with Crippen molar-refractivity contribution in [2.24, 2.45) is 0 Å². The largest absolute Gasteiger partial charge is 0.481 e. The number of carbonyl (C=O) groups is 1. The van der Waals surface area contributed by atoms with Gasteiger partial charge >= 0.3 is 5.97 Å². The molecule has 112 valence electrons. The molecule has 0 heterocycles. The molecule has 8 heteroatoms. The van der Waals surface area contributed by atoms with Crippen LogP contribution in [-0.2, 0) is 14.8 Å². The van der Waals surface area contributed by atoms with Gasteiger partial charge < -0.3 is 5.11 Å². The van der Waals surface area contributed by atoms with E-state index in [1.807, 2.05) is 0 Å². The zero-order valence-electron chi connectivity index (χ0n) is 11.0. The van der Waals surface area contributed by atoms with Crippen LogP contribution in [-0.4, -0.2) is 36.4 Å². The summed E-state index contributed by atoms with van der Waals surface area (Å²) in [6.07, 6.45) is -0.244. The summed E-state index contributed by atoms with van der Waals surface area (Å²) < 4.78 is 26.7. The van der Waals surface area contributed by atoms with Crippen LogP contribution in [0, 0.1) is 0 Å². The quantitative estimate of drug-likeness (QED) is 0.818. The second-order valence-corrected chi connectivity index (χ2v) is 7.58. The molecule has 0 amide bonds. The van der Waals surface area contributed by atoms with Crippen molar-refractivity contribution >= 4 is 43.5 Å². The summed E-state index contributed by atoms with van der Waals surface area (Å²) >= 11 is 9.02. The lowest BCUT2D eigenvalue weighted by molar-refractivity contribution is -0.137. The van der Waals surface area contributed by atoms with Crippen LogP contribution in [0.2, 0.25) is 5.02 Å². The summed E-state index contributed by atoms with van der Waals surface area (Å²) in [6, 6.07) is 3.95. The second kappa shape index (κ2) is 6.89. The van der Waals surface area contributed by atoms with Crippen LogP contribution in [0.15, 0.2) is 27.6 Å². The summed E-state index contributed by atoms with van der Waals surface area (Å²) in [7, 11) is -3.75. The van der Waals surface area contributed by atoms with Crippen LogP contribution in [0.5, 0.6) is 0 Å². The van der Waals surface area contributed by atoms with E-state index in [0.717, 1.165) is 4.31 Å². The fourth-order valence-corrected chi connectivity index (χ4v) is 3.95. The summed E-state index contributed by atoms with van der Waals surface area (Å²) in [4.78, 5) is 10.7. The zero-order chi connectivity index (χ0) is 15.5. The highest BCUT2D eigenvalue weighted by molar-refractivity contribution is 9.10. The third-order valence-corrected chi connectivity index (χ3v) is 5.90. The maximum atomic E-state index is 12.5. The number of carboxylic acid groups (broad SMARTS) is 1. The highest BCUT2D eigenvalue weighted by Gasteiger charge is 2.27. The number of aliphatic carboxylic acids is 1. The number of carboxylic acids is 1. The Morgan fingerprint density at radius 3 is 2.50 bits per heavy atom. The first-order valence-electron chi connectivity index (χ1n) is 5.85. The molecule has 0 aromatic heterocycles. The Bertz CT molecular complexity index is 603. The van der Waals surface area contributed by atoms with E-state index in [0.29, 0.717) is 9.50 Å². The molecule has 20 heavy (non-hydrogen) atoms. The third kappa shape index (κ3) is 4.18. The standard InChI is InChI=1S/C12H15BrClNO4S/c1-8(2)15(6-5-12(16)17)20(18,19)9-3-4-11(14)10(13)7-9/h3-4,7-8H,5-6H2,1-2H3,(H,16,17). The monoisotopic (exact) mass is 383 g/mol. The van der Waals surface area contributed by atoms with Gasteiger partial charge in [0.25, 0.3) is 0 Å². The van der Waals surface area contributed by atoms with Crippen molar-refractivity contribution in [2.45, 2.75) is 31.2 Å². The predicted molar refractivity (Wildman–Crippen MR) is 80.4 cm³/mol. The van der Waals surface area contributed by atoms with Crippen LogP contribution < -0.4 is 0 Å². The highest BCUT2D eigenvalue weighted by Crippen LogP contribution is 2.27. The molecule has 1 rings (SSSR count). The van der Waals surface area contributed by atoms with Gasteiger partial charge in [0.05, 0.1) is 16.3 Å². The molecule has 0 aliphatic heterocycles. The molecule has 1 aromatic carbocycles. The lowest BCUT2D eigenvalue weighted by Gasteiger charge is -2.25. The van der Waals surface area contributed by atoms with Crippen molar-refractivity contribution in [3.8, 4) is 0 Å². The Morgan fingerprint density at radius 1 is 1.45 bits per heavy atom. The number of benzene rings is 1. The fraction of sp³-hybridized carbons (Fsp3) is 0.417. The van der Waals surface area contributed by atoms with Crippen molar-refractivity contribution in [3.63, 3.8) is 0 Å². The minimum absolute atomic E-state index is 0.0738. The van der Waals surface area contributed by atoms with Gasteiger partial charge in [-0.05, 0) is 48.0 Å². The van der Waals surface area contributed by atoms with Crippen molar-refractivity contribution in [2.75, 3.05) is 6.54 Å². The number of hydrogen-bond acceptors (Lipinski definition) is 3. The topological polar surface area (TPSA) is 74.7 Å². The smallest absolute Gasteiger partial charge is 0.304 e. The zero-order valence-corrected chi connectivity index (χ0v) is 14.2. The molecule has 0 saturated carbocycles. The van der Waals surface area contributed by atoms with Crippen LogP contribution in [0.4, 0.5) is 0 Å². The summed E-state index contributed by atoms with van der Waals surface area (Å²) in [5.41, 5.74) is 0. The summed E-state index contributed by atoms with van der Waals surface area (Å²) in [6.45, 7) is 3.32. The fourth-order valence-electron chi connectivity index (χ4n) is 1.63. The van der Waals surface area contributed by atoms with E-state index in [1.54, 1.807) is 13.8 Å². The Hall–Kier alpha value is -0.630. The van der Waals surface area contributed by atoms with E-state index in [9.17, 15) is 13.2 Å². The van der Waals surface area contributed by atoms with Gasteiger partial charge in [0.2, 0.25) is 10.0 Å². The minimum atomic E-state index is -3.75. The number of halogens is 2. The van der Waals surface area contributed by atoms with Gasteiger partial charge in [-0.1, -0.05) is 11.6 Å². The molecule has 1 N–H and O–H groups in total. The number of hydrogen-bond donors (Lipinski definition) is 1. The van der Waals surface area contributed by atoms with Crippen LogP contribution >= 0.6 is 27.5 Å². The van der Waals surface area contributed by atoms with Crippen LogP contribution in [0.25, 0.3) is 0 Å². The third-order valence-electron chi connectivity index (χ3n) is 2.62. The van der Waals surface area contributed by atoms with E-state index in [4.69, 9.17) is 16.7 Å². The van der Waals surface area contributed by atoms with Gasteiger partial charge in [0.15, 0.2) is 0 Å². The van der Waals surface area contributed by atoms with Gasteiger partial charge in [-0.3, -0.25) is 4.79 Å². The molecule has 0 atom stereocenters. The number of nitrogens with zero attached hydrogens (tertiary/aromatic N) is 1. The molecule has 0 aliphatic carbocycles. The Balaban J connectivity index is 3.15. The van der Waals surface area contributed by atoms with E-state index in [2.05, 4.69) is 15.9 Å². The normalized spacial score (nSPS) is 12.1. The molecular formula is C12H15BrClNO4S. The lowest BCUT2D eigenvalue weighted by atomic mass is 10.3. The van der Waals surface area contributed by atoms with Gasteiger partial charge in [-0.2, -0.15) is 4.31 Å². The van der Waals surface area contributed by atoms with Crippen molar-refractivity contribution in [1.82, 2.24) is 4.31 Å². The summed E-state index contributed by atoms with van der Waals surface area (Å²) in [5, 5.41) is 9.12. The van der Waals surface area contributed by atoms with E-state index >= 15 is 0 Å². The molecule has 1 aromatic rings.